The normalized spacial score (nSPS) is 12.4. The highest BCUT2D eigenvalue weighted by molar-refractivity contribution is 5.36. The molecule has 2 rings (SSSR count). The fourth-order valence-corrected chi connectivity index (χ4v) is 1.98. The molecule has 2 aromatic rings. The summed E-state index contributed by atoms with van der Waals surface area (Å²) >= 11 is 0. The Kier molecular flexibility index (Phi) is 4.22. The minimum absolute atomic E-state index is 0.444. The van der Waals surface area contributed by atoms with E-state index in [2.05, 4.69) is 4.98 Å². The van der Waals surface area contributed by atoms with Crippen LogP contribution < -0.4 is 4.74 Å². The molecular formula is C15H20N2O2. The van der Waals surface area contributed by atoms with Crippen molar-refractivity contribution in [2.24, 2.45) is 7.05 Å². The molecule has 1 heterocycles. The van der Waals surface area contributed by atoms with Gasteiger partial charge in [-0.25, -0.2) is 4.98 Å². The van der Waals surface area contributed by atoms with E-state index in [0.717, 1.165) is 29.1 Å². The Morgan fingerprint density at radius 2 is 2.21 bits per heavy atom. The monoisotopic (exact) mass is 260 g/mol. The highest BCUT2D eigenvalue weighted by Gasteiger charge is 2.06. The van der Waals surface area contributed by atoms with Gasteiger partial charge in [0.05, 0.1) is 12.7 Å². The van der Waals surface area contributed by atoms with E-state index in [9.17, 15) is 5.11 Å². The van der Waals surface area contributed by atoms with Crippen LogP contribution in [0.25, 0.3) is 0 Å². The molecule has 4 heteroatoms. The molecule has 0 radical (unpaired) electrons. The third-order valence-corrected chi connectivity index (χ3v) is 3.19. The molecule has 0 aliphatic rings. The lowest BCUT2D eigenvalue weighted by Gasteiger charge is -2.12. The van der Waals surface area contributed by atoms with Gasteiger partial charge in [-0.2, -0.15) is 0 Å². The molecule has 0 fully saturated rings. The second-order valence-electron chi connectivity index (χ2n) is 4.75. The lowest BCUT2D eigenvalue weighted by molar-refractivity contribution is 0.199. The fraction of sp³-hybridized carbons (Fsp3) is 0.400. The number of aliphatic hydroxyl groups excluding tert-OH is 1. The predicted octanol–water partition coefficient (Wildman–Crippen LogP) is 2.40. The summed E-state index contributed by atoms with van der Waals surface area (Å²) in [6.07, 6.45) is 4.05. The van der Waals surface area contributed by atoms with Gasteiger partial charge in [0.25, 0.3) is 0 Å². The van der Waals surface area contributed by atoms with Gasteiger partial charge in [0.1, 0.15) is 11.6 Å². The van der Waals surface area contributed by atoms with Gasteiger partial charge >= 0.3 is 0 Å². The quantitative estimate of drug-likeness (QED) is 0.898. The van der Waals surface area contributed by atoms with E-state index in [4.69, 9.17) is 4.74 Å². The zero-order valence-corrected chi connectivity index (χ0v) is 11.6. The van der Waals surface area contributed by atoms with Crippen molar-refractivity contribution in [1.29, 1.82) is 0 Å². The maximum atomic E-state index is 9.52. The number of aromatic nitrogens is 2. The zero-order chi connectivity index (χ0) is 13.8. The van der Waals surface area contributed by atoms with Crippen LogP contribution in [-0.4, -0.2) is 21.3 Å². The second-order valence-corrected chi connectivity index (χ2v) is 4.75. The summed E-state index contributed by atoms with van der Waals surface area (Å²) in [5.74, 6) is 1.87. The van der Waals surface area contributed by atoms with Crippen molar-refractivity contribution in [3.63, 3.8) is 0 Å². The summed E-state index contributed by atoms with van der Waals surface area (Å²) in [6, 6.07) is 5.77. The summed E-state index contributed by atoms with van der Waals surface area (Å²) in [5.41, 5.74) is 1.95. The number of aryl methyl sites for hydroxylation is 2. The number of rotatable bonds is 5. The van der Waals surface area contributed by atoms with Gasteiger partial charge in [-0.05, 0) is 37.1 Å². The molecule has 0 saturated carbocycles. The number of aliphatic hydroxyl groups is 1. The molecule has 1 aromatic heterocycles. The van der Waals surface area contributed by atoms with Gasteiger partial charge in [0.2, 0.25) is 0 Å². The number of hydrogen-bond acceptors (Lipinski definition) is 3. The zero-order valence-electron chi connectivity index (χ0n) is 11.6. The number of nitrogens with zero attached hydrogens (tertiary/aromatic N) is 2. The largest absolute Gasteiger partial charge is 0.493 e. The van der Waals surface area contributed by atoms with Crippen LogP contribution in [0.1, 0.15) is 30.0 Å². The summed E-state index contributed by atoms with van der Waals surface area (Å²) in [4.78, 5) is 4.26. The van der Waals surface area contributed by atoms with E-state index < -0.39 is 6.10 Å². The molecule has 1 atom stereocenters. The van der Waals surface area contributed by atoms with E-state index in [-0.39, 0.29) is 0 Å². The fourth-order valence-electron chi connectivity index (χ4n) is 1.98. The van der Waals surface area contributed by atoms with E-state index in [0.29, 0.717) is 6.61 Å². The van der Waals surface area contributed by atoms with Crippen molar-refractivity contribution >= 4 is 0 Å². The number of benzene rings is 1. The first-order valence-corrected chi connectivity index (χ1v) is 6.45. The van der Waals surface area contributed by atoms with Crippen molar-refractivity contribution < 1.29 is 9.84 Å². The van der Waals surface area contributed by atoms with Crippen LogP contribution in [0.5, 0.6) is 5.75 Å². The Labute approximate surface area is 113 Å². The number of imidazole rings is 1. The van der Waals surface area contributed by atoms with Gasteiger partial charge in [0.15, 0.2) is 0 Å². The molecule has 0 bridgehead atoms. The smallest absolute Gasteiger partial charge is 0.122 e. The number of hydrogen-bond donors (Lipinski definition) is 1. The molecule has 1 unspecified atom stereocenters. The van der Waals surface area contributed by atoms with Crippen molar-refractivity contribution in [2.45, 2.75) is 26.4 Å². The van der Waals surface area contributed by atoms with Crippen molar-refractivity contribution in [2.75, 3.05) is 6.61 Å². The Morgan fingerprint density at radius 3 is 2.79 bits per heavy atom. The van der Waals surface area contributed by atoms with Gasteiger partial charge < -0.3 is 14.4 Å². The van der Waals surface area contributed by atoms with Gasteiger partial charge in [0, 0.05) is 25.9 Å². The van der Waals surface area contributed by atoms with Crippen LogP contribution in [0.2, 0.25) is 0 Å². The number of ether oxygens (including phenoxy) is 1. The molecule has 0 amide bonds. The van der Waals surface area contributed by atoms with Crippen LogP contribution in [0.15, 0.2) is 30.6 Å². The summed E-state index contributed by atoms with van der Waals surface area (Å²) in [5, 5.41) is 9.52. The molecular weight excluding hydrogens is 240 g/mol. The van der Waals surface area contributed by atoms with Crippen LogP contribution >= 0.6 is 0 Å². The summed E-state index contributed by atoms with van der Waals surface area (Å²) < 4.78 is 7.76. The lowest BCUT2D eigenvalue weighted by Crippen LogP contribution is -2.07. The van der Waals surface area contributed by atoms with Gasteiger partial charge in [-0.3, -0.25) is 0 Å². The Hall–Kier alpha value is -1.81. The maximum absolute atomic E-state index is 9.52. The standard InChI is InChI=1S/C15H20N2O2/c1-11-10-13(12(2)18)4-5-14(11)19-9-6-15-16-7-8-17(15)3/h4-5,7-8,10,12,18H,6,9H2,1-3H3. The van der Waals surface area contributed by atoms with Crippen molar-refractivity contribution in [3.8, 4) is 5.75 Å². The maximum Gasteiger partial charge on any atom is 0.122 e. The topological polar surface area (TPSA) is 47.3 Å². The van der Waals surface area contributed by atoms with Crippen LogP contribution in [0.4, 0.5) is 0 Å². The van der Waals surface area contributed by atoms with E-state index in [1.165, 1.54) is 0 Å². The first-order valence-electron chi connectivity index (χ1n) is 6.45. The van der Waals surface area contributed by atoms with Gasteiger partial charge in [-0.15, -0.1) is 0 Å². The van der Waals surface area contributed by atoms with Crippen LogP contribution in [0.3, 0.4) is 0 Å². The SMILES string of the molecule is Cc1cc(C(C)O)ccc1OCCc1nccn1C. The first kappa shape index (κ1) is 13.6. The lowest BCUT2D eigenvalue weighted by atomic mass is 10.1. The third-order valence-electron chi connectivity index (χ3n) is 3.19. The molecule has 1 N–H and O–H groups in total. The third kappa shape index (κ3) is 3.35. The van der Waals surface area contributed by atoms with Gasteiger partial charge in [-0.1, -0.05) is 6.07 Å². The Balaban J connectivity index is 1.95. The average molecular weight is 260 g/mol. The minimum Gasteiger partial charge on any atom is -0.493 e. The highest BCUT2D eigenvalue weighted by atomic mass is 16.5. The second kappa shape index (κ2) is 5.89. The van der Waals surface area contributed by atoms with Crippen LogP contribution in [0, 0.1) is 6.92 Å². The molecule has 19 heavy (non-hydrogen) atoms. The molecule has 102 valence electrons. The highest BCUT2D eigenvalue weighted by Crippen LogP contribution is 2.22. The molecule has 0 spiro atoms. The molecule has 4 nitrogen and oxygen atoms in total. The minimum atomic E-state index is -0.444. The Morgan fingerprint density at radius 1 is 1.42 bits per heavy atom. The average Bonchev–Trinajstić information content (AvgIpc) is 2.77. The van der Waals surface area contributed by atoms with Crippen molar-refractivity contribution in [1.82, 2.24) is 9.55 Å². The van der Waals surface area contributed by atoms with E-state index >= 15 is 0 Å². The predicted molar refractivity (Wildman–Crippen MR) is 74.2 cm³/mol. The molecule has 1 aromatic carbocycles. The molecule has 0 saturated heterocycles. The molecule has 0 aliphatic carbocycles. The van der Waals surface area contributed by atoms with Crippen LogP contribution in [-0.2, 0) is 13.5 Å². The Bertz CT molecular complexity index is 547. The summed E-state index contributed by atoms with van der Waals surface area (Å²) in [7, 11) is 1.98. The van der Waals surface area contributed by atoms with Crippen molar-refractivity contribution in [3.05, 3.63) is 47.5 Å². The summed E-state index contributed by atoms with van der Waals surface area (Å²) in [6.45, 7) is 4.35. The van der Waals surface area contributed by atoms with E-state index in [1.807, 2.05) is 42.9 Å². The molecule has 0 aliphatic heterocycles. The van der Waals surface area contributed by atoms with E-state index in [1.54, 1.807) is 13.1 Å². The first-order chi connectivity index (χ1) is 9.08.